The number of halogens is 2. The summed E-state index contributed by atoms with van der Waals surface area (Å²) >= 11 is 0. The molecule has 5 heteroatoms. The molecular weight excluding hydrogens is 199 g/mol. The van der Waals surface area contributed by atoms with E-state index < -0.39 is 0 Å². The summed E-state index contributed by atoms with van der Waals surface area (Å²) in [5.74, 6) is 0. The lowest BCUT2D eigenvalue weighted by Crippen LogP contribution is -2.08. The maximum Gasteiger partial charge on any atom is 0.248 e. The molecule has 0 saturated heterocycles. The van der Waals surface area contributed by atoms with Gasteiger partial charge in [0, 0.05) is 12.3 Å². The molecule has 0 bridgehead atoms. The van der Waals surface area contributed by atoms with Gasteiger partial charge in [0.1, 0.15) is 0 Å². The molecule has 0 saturated carbocycles. The highest BCUT2D eigenvalue weighted by atomic mass is 35.5. The average molecular weight is 211 g/mol. The van der Waals surface area contributed by atoms with Crippen molar-refractivity contribution in [3.05, 3.63) is 34.2 Å². The second kappa shape index (κ2) is 7.16. The van der Waals surface area contributed by atoms with E-state index >= 15 is 0 Å². The lowest BCUT2D eigenvalue weighted by molar-refractivity contribution is 0.959. The Kier molecular flexibility index (Phi) is 8.37. The third-order valence-electron chi connectivity index (χ3n) is 1.27. The summed E-state index contributed by atoms with van der Waals surface area (Å²) in [4.78, 5) is 13.2. The van der Waals surface area contributed by atoms with E-state index in [9.17, 15) is 4.79 Å². The Hall–Kier alpha value is -0.510. The molecule has 12 heavy (non-hydrogen) atoms. The van der Waals surface area contributed by atoms with E-state index in [4.69, 9.17) is 5.73 Å². The molecule has 0 radical (unpaired) electrons. The van der Waals surface area contributed by atoms with E-state index in [1.165, 1.54) is 0 Å². The van der Waals surface area contributed by atoms with Gasteiger partial charge in [-0.3, -0.25) is 4.79 Å². The Morgan fingerprint density at radius 3 is 2.58 bits per heavy atom. The number of pyridine rings is 1. The van der Waals surface area contributed by atoms with Crippen LogP contribution in [0.5, 0.6) is 0 Å². The van der Waals surface area contributed by atoms with Gasteiger partial charge in [-0.2, -0.15) is 0 Å². The Labute approximate surface area is 83.2 Å². The third-order valence-corrected chi connectivity index (χ3v) is 1.27. The fourth-order valence-corrected chi connectivity index (χ4v) is 0.811. The zero-order valence-electron chi connectivity index (χ0n) is 6.45. The molecule has 1 aromatic heterocycles. The summed E-state index contributed by atoms with van der Waals surface area (Å²) in [5, 5.41) is 0. The van der Waals surface area contributed by atoms with Crippen molar-refractivity contribution < 1.29 is 0 Å². The number of aromatic amines is 1. The van der Waals surface area contributed by atoms with Crippen molar-refractivity contribution in [2.75, 3.05) is 6.54 Å². The molecule has 0 unspecified atom stereocenters. The maximum atomic E-state index is 10.7. The van der Waals surface area contributed by atoms with Crippen molar-refractivity contribution in [3.8, 4) is 0 Å². The Morgan fingerprint density at radius 1 is 1.42 bits per heavy atom. The first-order valence-electron chi connectivity index (χ1n) is 3.20. The van der Waals surface area contributed by atoms with Crippen molar-refractivity contribution in [2.45, 2.75) is 6.42 Å². The highest BCUT2D eigenvalue weighted by Crippen LogP contribution is 1.91. The summed E-state index contributed by atoms with van der Waals surface area (Å²) in [6.45, 7) is 0.587. The first kappa shape index (κ1) is 14.0. The Balaban J connectivity index is 0. The van der Waals surface area contributed by atoms with E-state index in [-0.39, 0.29) is 30.4 Å². The normalized spacial score (nSPS) is 8.08. The van der Waals surface area contributed by atoms with E-state index in [2.05, 4.69) is 4.98 Å². The number of rotatable bonds is 2. The summed E-state index contributed by atoms with van der Waals surface area (Å²) in [5.41, 5.74) is 6.23. The summed E-state index contributed by atoms with van der Waals surface area (Å²) in [7, 11) is 0. The zero-order chi connectivity index (χ0) is 7.40. The van der Waals surface area contributed by atoms with Gasteiger partial charge in [0.15, 0.2) is 0 Å². The van der Waals surface area contributed by atoms with E-state index in [0.717, 1.165) is 12.0 Å². The molecule has 0 aromatic carbocycles. The van der Waals surface area contributed by atoms with Crippen molar-refractivity contribution in [3.63, 3.8) is 0 Å². The highest BCUT2D eigenvalue weighted by Gasteiger charge is 1.89. The molecule has 70 valence electrons. The molecule has 1 rings (SSSR count). The van der Waals surface area contributed by atoms with Gasteiger partial charge in [-0.25, -0.2) is 0 Å². The monoisotopic (exact) mass is 210 g/mol. The first-order chi connectivity index (χ1) is 4.83. The van der Waals surface area contributed by atoms with Crippen LogP contribution in [0, 0.1) is 0 Å². The predicted molar refractivity (Wildman–Crippen MR) is 54.3 cm³/mol. The minimum atomic E-state index is -0.0639. The van der Waals surface area contributed by atoms with E-state index in [1.54, 1.807) is 12.3 Å². The van der Waals surface area contributed by atoms with Crippen LogP contribution >= 0.6 is 24.8 Å². The number of nitrogens with one attached hydrogen (secondary N) is 1. The molecule has 0 amide bonds. The van der Waals surface area contributed by atoms with Crippen LogP contribution in [0.15, 0.2) is 23.1 Å². The topological polar surface area (TPSA) is 58.9 Å². The van der Waals surface area contributed by atoms with Crippen LogP contribution in [0.25, 0.3) is 0 Å². The van der Waals surface area contributed by atoms with Gasteiger partial charge in [0.2, 0.25) is 5.56 Å². The lowest BCUT2D eigenvalue weighted by atomic mass is 10.2. The first-order valence-corrected chi connectivity index (χ1v) is 3.20. The van der Waals surface area contributed by atoms with Crippen LogP contribution in [-0.2, 0) is 6.42 Å². The van der Waals surface area contributed by atoms with Crippen LogP contribution in [0.3, 0.4) is 0 Å². The third kappa shape index (κ3) is 4.38. The smallest absolute Gasteiger partial charge is 0.248 e. The molecule has 1 aromatic rings. The molecule has 0 atom stereocenters. The molecule has 1 heterocycles. The van der Waals surface area contributed by atoms with Crippen LogP contribution in [0.2, 0.25) is 0 Å². The fraction of sp³-hybridized carbons (Fsp3) is 0.286. The quantitative estimate of drug-likeness (QED) is 0.757. The molecule has 3 nitrogen and oxygen atoms in total. The fourth-order valence-electron chi connectivity index (χ4n) is 0.811. The number of nitrogens with two attached hydrogens (primary N) is 1. The van der Waals surface area contributed by atoms with Gasteiger partial charge in [0.25, 0.3) is 0 Å². The lowest BCUT2D eigenvalue weighted by Gasteiger charge is -1.93. The molecular formula is C7H12Cl2N2O. The average Bonchev–Trinajstić information content (AvgIpc) is 1.88. The molecule has 0 aliphatic carbocycles. The highest BCUT2D eigenvalue weighted by molar-refractivity contribution is 5.85. The second-order valence-electron chi connectivity index (χ2n) is 2.10. The molecule has 3 N–H and O–H groups in total. The second-order valence-corrected chi connectivity index (χ2v) is 2.10. The van der Waals surface area contributed by atoms with Gasteiger partial charge in [-0.15, -0.1) is 24.8 Å². The minimum absolute atomic E-state index is 0. The largest absolute Gasteiger partial charge is 0.330 e. The number of aromatic nitrogens is 1. The predicted octanol–water partition coefficient (Wildman–Crippen LogP) is 0.720. The standard InChI is InChI=1S/C7H10N2O.2ClH/c8-3-1-6-2-4-9-7(10)5-6;;/h2,4-5H,1,3,8H2,(H,9,10);2*1H. The van der Waals surface area contributed by atoms with Crippen molar-refractivity contribution >= 4 is 24.8 Å². The van der Waals surface area contributed by atoms with Crippen LogP contribution in [0.4, 0.5) is 0 Å². The van der Waals surface area contributed by atoms with Gasteiger partial charge in [0.05, 0.1) is 0 Å². The van der Waals surface area contributed by atoms with Gasteiger partial charge in [-0.1, -0.05) is 0 Å². The number of hydrogen-bond donors (Lipinski definition) is 2. The maximum absolute atomic E-state index is 10.7. The minimum Gasteiger partial charge on any atom is -0.330 e. The Bertz CT molecular complexity index is 262. The number of hydrogen-bond acceptors (Lipinski definition) is 2. The molecule has 0 aliphatic heterocycles. The Morgan fingerprint density at radius 2 is 2.08 bits per heavy atom. The van der Waals surface area contributed by atoms with E-state index in [0.29, 0.717) is 6.54 Å². The van der Waals surface area contributed by atoms with Gasteiger partial charge >= 0.3 is 0 Å². The summed E-state index contributed by atoms with van der Waals surface area (Å²) in [6.07, 6.45) is 2.40. The molecule has 0 fully saturated rings. The van der Waals surface area contributed by atoms with E-state index in [1.807, 2.05) is 6.07 Å². The number of H-pyrrole nitrogens is 1. The van der Waals surface area contributed by atoms with Gasteiger partial charge < -0.3 is 10.7 Å². The van der Waals surface area contributed by atoms with Gasteiger partial charge in [-0.05, 0) is 24.6 Å². The molecule has 0 spiro atoms. The van der Waals surface area contributed by atoms with Crippen molar-refractivity contribution in [2.24, 2.45) is 5.73 Å². The molecule has 0 aliphatic rings. The SMILES string of the molecule is Cl.Cl.NCCc1cc[nH]c(=O)c1. The van der Waals surface area contributed by atoms with Crippen molar-refractivity contribution in [1.29, 1.82) is 0 Å². The van der Waals surface area contributed by atoms with Crippen molar-refractivity contribution in [1.82, 2.24) is 4.98 Å². The summed E-state index contributed by atoms with van der Waals surface area (Å²) in [6, 6.07) is 3.42. The van der Waals surface area contributed by atoms with Crippen LogP contribution < -0.4 is 11.3 Å². The zero-order valence-corrected chi connectivity index (χ0v) is 8.08. The summed E-state index contributed by atoms with van der Waals surface area (Å²) < 4.78 is 0. The van der Waals surface area contributed by atoms with Crippen LogP contribution in [0.1, 0.15) is 5.56 Å². The van der Waals surface area contributed by atoms with Crippen LogP contribution in [-0.4, -0.2) is 11.5 Å².